The quantitative estimate of drug-likeness (QED) is 0.291. The van der Waals surface area contributed by atoms with E-state index in [1.54, 1.807) is 0 Å². The lowest BCUT2D eigenvalue weighted by molar-refractivity contribution is -0.0802. The molecule has 6 nitrogen and oxygen atoms in total. The summed E-state index contributed by atoms with van der Waals surface area (Å²) in [6.45, 7) is 9.08. The number of unbranched alkanes of at least 4 members (excludes halogenated alkanes) is 10. The van der Waals surface area contributed by atoms with Gasteiger partial charge in [0.15, 0.2) is 0 Å². The molecule has 0 aromatic heterocycles. The van der Waals surface area contributed by atoms with Crippen LogP contribution in [-0.2, 0) is 0 Å². The van der Waals surface area contributed by atoms with Crippen LogP contribution in [0, 0.1) is 0 Å². The van der Waals surface area contributed by atoms with Gasteiger partial charge in [-0.25, -0.2) is 15.0 Å². The second-order valence-corrected chi connectivity index (χ2v) is 7.44. The third-order valence-corrected chi connectivity index (χ3v) is 4.78. The summed E-state index contributed by atoms with van der Waals surface area (Å²) < 4.78 is 0. The monoisotopic (exact) mass is 356 g/mol. The Hall–Kier alpha value is -0.240. The number of hydrogen-bond donors (Lipinski definition) is 3. The van der Waals surface area contributed by atoms with Crippen molar-refractivity contribution >= 4 is 0 Å². The Bertz CT molecular complexity index is 263. The minimum absolute atomic E-state index is 0.783. The molecule has 6 heteroatoms. The molecule has 1 aliphatic heterocycles. The third-order valence-electron chi connectivity index (χ3n) is 4.78. The van der Waals surface area contributed by atoms with E-state index in [1.807, 2.05) is 5.01 Å². The lowest BCUT2D eigenvalue weighted by atomic mass is 10.1. The number of nitrogens with two attached hydrogens (primary N) is 1. The zero-order valence-electron chi connectivity index (χ0n) is 16.9. The molecular formula is C19H44N6. The normalized spacial score (nSPS) is 17.4. The van der Waals surface area contributed by atoms with Crippen LogP contribution in [-0.4, -0.2) is 48.1 Å². The maximum atomic E-state index is 6.06. The minimum Gasteiger partial charge on any atom is -0.266 e. The molecule has 1 aliphatic rings. The van der Waals surface area contributed by atoms with Gasteiger partial charge in [0.2, 0.25) is 0 Å². The van der Waals surface area contributed by atoms with E-state index < -0.39 is 0 Å². The maximum Gasteiger partial charge on any atom is 0.0812 e. The number of hydrazine groups is 3. The van der Waals surface area contributed by atoms with Crippen molar-refractivity contribution in [2.45, 2.75) is 90.9 Å². The number of nitrogens with zero attached hydrogens (tertiary/aromatic N) is 3. The molecule has 1 heterocycles. The zero-order valence-corrected chi connectivity index (χ0v) is 16.9. The van der Waals surface area contributed by atoms with E-state index >= 15 is 0 Å². The lowest BCUT2D eigenvalue weighted by Gasteiger charge is -2.40. The summed E-state index contributed by atoms with van der Waals surface area (Å²) in [6.07, 6.45) is 16.0. The Morgan fingerprint density at radius 2 is 1.00 bits per heavy atom. The molecule has 1 fully saturated rings. The molecule has 0 saturated carbocycles. The summed E-state index contributed by atoms with van der Waals surface area (Å²) in [6, 6.07) is 0. The largest absolute Gasteiger partial charge is 0.266 e. The van der Waals surface area contributed by atoms with Gasteiger partial charge in [-0.05, 0) is 12.8 Å². The van der Waals surface area contributed by atoms with E-state index in [0.29, 0.717) is 0 Å². The van der Waals surface area contributed by atoms with Crippen molar-refractivity contribution in [3.63, 3.8) is 0 Å². The Morgan fingerprint density at radius 1 is 0.600 bits per heavy atom. The summed E-state index contributed by atoms with van der Waals surface area (Å²) in [7, 11) is 0. The Kier molecular flexibility index (Phi) is 14.6. The highest BCUT2D eigenvalue weighted by molar-refractivity contribution is 4.61. The summed E-state index contributed by atoms with van der Waals surface area (Å²) in [5.74, 6) is 6.06. The van der Waals surface area contributed by atoms with E-state index in [-0.39, 0.29) is 0 Å². The lowest BCUT2D eigenvalue weighted by Crippen LogP contribution is -2.64. The van der Waals surface area contributed by atoms with Gasteiger partial charge in [0, 0.05) is 13.1 Å². The van der Waals surface area contributed by atoms with Crippen molar-refractivity contribution in [2.75, 3.05) is 33.1 Å². The van der Waals surface area contributed by atoms with E-state index in [1.165, 1.54) is 77.0 Å². The van der Waals surface area contributed by atoms with Crippen molar-refractivity contribution in [1.29, 1.82) is 0 Å². The van der Waals surface area contributed by atoms with Gasteiger partial charge in [-0.2, -0.15) is 0 Å². The Labute approximate surface area is 156 Å². The summed E-state index contributed by atoms with van der Waals surface area (Å²) in [5.41, 5.74) is 7.06. The van der Waals surface area contributed by atoms with Gasteiger partial charge in [0.05, 0.1) is 20.0 Å². The first-order chi connectivity index (χ1) is 12.3. The molecule has 1 rings (SSSR count). The average molecular weight is 357 g/mol. The second-order valence-electron chi connectivity index (χ2n) is 7.44. The van der Waals surface area contributed by atoms with Crippen LogP contribution in [0.15, 0.2) is 0 Å². The fourth-order valence-corrected chi connectivity index (χ4v) is 3.26. The van der Waals surface area contributed by atoms with Crippen molar-refractivity contribution < 1.29 is 0 Å². The van der Waals surface area contributed by atoms with Gasteiger partial charge >= 0.3 is 0 Å². The van der Waals surface area contributed by atoms with E-state index in [0.717, 1.165) is 33.1 Å². The van der Waals surface area contributed by atoms with Gasteiger partial charge in [-0.1, -0.05) is 78.1 Å². The van der Waals surface area contributed by atoms with Crippen LogP contribution >= 0.6 is 0 Å². The van der Waals surface area contributed by atoms with Crippen molar-refractivity contribution in [3.8, 4) is 0 Å². The standard InChI is InChI=1S/C19H44N6/c1-3-5-7-9-11-13-15-21-24-17-23(20)18-25(19-24)22-16-14-12-10-8-6-4-2/h21-22H,3-20H2,1-2H3. The summed E-state index contributed by atoms with van der Waals surface area (Å²) >= 11 is 0. The minimum atomic E-state index is 0.783. The molecule has 0 radical (unpaired) electrons. The van der Waals surface area contributed by atoms with Gasteiger partial charge in [0.1, 0.15) is 0 Å². The van der Waals surface area contributed by atoms with Crippen LogP contribution in [0.5, 0.6) is 0 Å². The van der Waals surface area contributed by atoms with Crippen LogP contribution in [0.2, 0.25) is 0 Å². The first-order valence-corrected chi connectivity index (χ1v) is 10.7. The highest BCUT2D eigenvalue weighted by atomic mass is 15.7. The van der Waals surface area contributed by atoms with Gasteiger partial charge in [-0.15, -0.1) is 0 Å². The van der Waals surface area contributed by atoms with Crippen LogP contribution in [0.25, 0.3) is 0 Å². The average Bonchev–Trinajstić information content (AvgIpc) is 2.60. The molecule has 0 unspecified atom stereocenters. The smallest absolute Gasteiger partial charge is 0.0812 e. The molecule has 150 valence electrons. The van der Waals surface area contributed by atoms with Crippen molar-refractivity contribution in [2.24, 2.45) is 5.84 Å². The van der Waals surface area contributed by atoms with Crippen molar-refractivity contribution in [3.05, 3.63) is 0 Å². The molecule has 0 bridgehead atoms. The maximum absolute atomic E-state index is 6.06. The molecule has 0 amide bonds. The fourth-order valence-electron chi connectivity index (χ4n) is 3.26. The van der Waals surface area contributed by atoms with Gasteiger partial charge in [0.25, 0.3) is 0 Å². The fraction of sp³-hybridized carbons (Fsp3) is 1.00. The number of rotatable bonds is 16. The number of hydrogen-bond acceptors (Lipinski definition) is 6. The Balaban J connectivity index is 2.03. The molecule has 0 aliphatic carbocycles. The molecule has 0 atom stereocenters. The topological polar surface area (TPSA) is 59.8 Å². The number of nitrogens with one attached hydrogen (secondary N) is 2. The molecule has 1 saturated heterocycles. The highest BCUT2D eigenvalue weighted by Crippen LogP contribution is 2.06. The second kappa shape index (κ2) is 16.0. The van der Waals surface area contributed by atoms with E-state index in [4.69, 9.17) is 5.84 Å². The zero-order chi connectivity index (χ0) is 18.2. The van der Waals surface area contributed by atoms with Crippen LogP contribution < -0.4 is 16.7 Å². The van der Waals surface area contributed by atoms with Crippen LogP contribution in [0.1, 0.15) is 90.9 Å². The first kappa shape index (κ1) is 22.8. The molecule has 0 aromatic rings. The van der Waals surface area contributed by atoms with Gasteiger partial charge < -0.3 is 0 Å². The molecule has 0 aromatic carbocycles. The third kappa shape index (κ3) is 12.7. The summed E-state index contributed by atoms with van der Waals surface area (Å²) in [4.78, 5) is 0. The SMILES string of the molecule is CCCCCCCCNN1CN(N)CN(NCCCCCCCC)C1. The Morgan fingerprint density at radius 3 is 1.44 bits per heavy atom. The predicted octanol–water partition coefficient (Wildman–Crippen LogP) is 3.38. The van der Waals surface area contributed by atoms with E-state index in [2.05, 4.69) is 34.7 Å². The van der Waals surface area contributed by atoms with Gasteiger partial charge in [-0.3, -0.25) is 16.7 Å². The summed E-state index contributed by atoms with van der Waals surface area (Å²) in [5, 5.41) is 6.28. The predicted molar refractivity (Wildman–Crippen MR) is 107 cm³/mol. The molecular weight excluding hydrogens is 312 g/mol. The van der Waals surface area contributed by atoms with E-state index in [9.17, 15) is 0 Å². The first-order valence-electron chi connectivity index (χ1n) is 10.7. The molecule has 25 heavy (non-hydrogen) atoms. The van der Waals surface area contributed by atoms with Crippen molar-refractivity contribution in [1.82, 2.24) is 25.9 Å². The molecule has 4 N–H and O–H groups in total. The molecule has 0 spiro atoms. The highest BCUT2D eigenvalue weighted by Gasteiger charge is 2.20. The van der Waals surface area contributed by atoms with Crippen LogP contribution in [0.4, 0.5) is 0 Å². The van der Waals surface area contributed by atoms with Crippen LogP contribution in [0.3, 0.4) is 0 Å².